The first kappa shape index (κ1) is 20.8. The summed E-state index contributed by atoms with van der Waals surface area (Å²) >= 11 is 0. The molecule has 0 bridgehead atoms. The lowest BCUT2D eigenvalue weighted by atomic mass is 9.82. The lowest BCUT2D eigenvalue weighted by molar-refractivity contribution is -0.130. The SMILES string of the molecule is O=C(C(Cc1ccc(O)cc1)NC(=O)N1CCOCC1)C1CCNC2C(=O)COC12. The molecule has 0 spiro atoms. The number of carbonyl (C=O) groups excluding carboxylic acids is 3. The van der Waals surface area contributed by atoms with E-state index in [4.69, 9.17) is 9.47 Å². The van der Waals surface area contributed by atoms with E-state index in [1.54, 1.807) is 29.2 Å². The smallest absolute Gasteiger partial charge is 0.318 e. The number of rotatable bonds is 5. The van der Waals surface area contributed by atoms with Gasteiger partial charge < -0.3 is 30.1 Å². The summed E-state index contributed by atoms with van der Waals surface area (Å²) in [5.74, 6) is -0.492. The summed E-state index contributed by atoms with van der Waals surface area (Å²) < 4.78 is 10.9. The predicted molar refractivity (Wildman–Crippen MR) is 106 cm³/mol. The van der Waals surface area contributed by atoms with Crippen LogP contribution in [0.4, 0.5) is 4.79 Å². The molecule has 3 aliphatic heterocycles. The Morgan fingerprint density at radius 2 is 1.97 bits per heavy atom. The van der Waals surface area contributed by atoms with Gasteiger partial charge in [0.2, 0.25) is 0 Å². The molecule has 3 heterocycles. The molecule has 0 saturated carbocycles. The second kappa shape index (κ2) is 9.11. The number of aromatic hydroxyl groups is 1. The molecule has 9 nitrogen and oxygen atoms in total. The molecule has 9 heteroatoms. The number of phenolic OH excluding ortho intramolecular Hbond substituents is 1. The first-order valence-corrected chi connectivity index (χ1v) is 10.4. The molecular weight excluding hydrogens is 390 g/mol. The van der Waals surface area contributed by atoms with Gasteiger partial charge in [0.05, 0.1) is 31.4 Å². The Hall–Kier alpha value is -2.49. The van der Waals surface area contributed by atoms with Crippen LogP contribution in [0.25, 0.3) is 0 Å². The van der Waals surface area contributed by atoms with Crippen LogP contribution in [0.5, 0.6) is 5.75 Å². The zero-order chi connectivity index (χ0) is 21.1. The fourth-order valence-corrected chi connectivity index (χ4v) is 4.34. The molecule has 1 aromatic rings. The third kappa shape index (κ3) is 4.48. The second-order valence-electron chi connectivity index (χ2n) is 7.94. The average molecular weight is 417 g/mol. The molecular formula is C21H27N3O6. The van der Waals surface area contributed by atoms with E-state index >= 15 is 0 Å². The Balaban J connectivity index is 1.52. The number of piperidine rings is 1. The van der Waals surface area contributed by atoms with Crippen molar-refractivity contribution in [3.05, 3.63) is 29.8 Å². The van der Waals surface area contributed by atoms with Crippen molar-refractivity contribution in [1.29, 1.82) is 0 Å². The van der Waals surface area contributed by atoms with Gasteiger partial charge in [0.15, 0.2) is 11.6 Å². The fraction of sp³-hybridized carbons (Fsp3) is 0.571. The van der Waals surface area contributed by atoms with Crippen LogP contribution in [-0.4, -0.2) is 85.2 Å². The molecule has 0 aromatic heterocycles. The maximum absolute atomic E-state index is 13.5. The van der Waals surface area contributed by atoms with Gasteiger partial charge in [0.25, 0.3) is 0 Å². The lowest BCUT2D eigenvalue weighted by Crippen LogP contribution is -2.57. The van der Waals surface area contributed by atoms with Crippen LogP contribution >= 0.6 is 0 Å². The van der Waals surface area contributed by atoms with Gasteiger partial charge in [0, 0.05) is 19.0 Å². The molecule has 4 unspecified atom stereocenters. The minimum atomic E-state index is -0.757. The third-order valence-electron chi connectivity index (χ3n) is 5.99. The summed E-state index contributed by atoms with van der Waals surface area (Å²) in [5.41, 5.74) is 0.822. The number of hydrogen-bond donors (Lipinski definition) is 3. The van der Waals surface area contributed by atoms with Gasteiger partial charge in [-0.2, -0.15) is 0 Å². The van der Waals surface area contributed by atoms with Crippen molar-refractivity contribution in [1.82, 2.24) is 15.5 Å². The number of amides is 2. The van der Waals surface area contributed by atoms with Crippen molar-refractivity contribution >= 4 is 17.6 Å². The number of carbonyl (C=O) groups is 3. The molecule has 2 amide bonds. The van der Waals surface area contributed by atoms with E-state index in [0.717, 1.165) is 5.56 Å². The predicted octanol–water partition coefficient (Wildman–Crippen LogP) is -0.140. The molecule has 0 aliphatic carbocycles. The molecule has 1 aromatic carbocycles. The fourth-order valence-electron chi connectivity index (χ4n) is 4.34. The number of nitrogens with zero attached hydrogens (tertiary/aromatic N) is 1. The maximum atomic E-state index is 13.5. The molecule has 4 atom stereocenters. The minimum absolute atomic E-state index is 0.00881. The third-order valence-corrected chi connectivity index (χ3v) is 5.99. The Morgan fingerprint density at radius 1 is 1.23 bits per heavy atom. The monoisotopic (exact) mass is 417 g/mol. The lowest BCUT2D eigenvalue weighted by Gasteiger charge is -2.35. The van der Waals surface area contributed by atoms with Crippen molar-refractivity contribution in [2.75, 3.05) is 39.5 Å². The summed E-state index contributed by atoms with van der Waals surface area (Å²) in [5, 5.41) is 15.6. The molecule has 3 aliphatic rings. The van der Waals surface area contributed by atoms with Gasteiger partial charge in [0.1, 0.15) is 12.4 Å². The van der Waals surface area contributed by atoms with Crippen LogP contribution in [0.1, 0.15) is 12.0 Å². The number of morpholine rings is 1. The number of fused-ring (bicyclic) bond motifs is 1. The van der Waals surface area contributed by atoms with E-state index in [1.165, 1.54) is 0 Å². The number of Topliss-reactive ketones (excluding diaryl/α,β-unsaturated/α-hetero) is 2. The highest BCUT2D eigenvalue weighted by molar-refractivity contribution is 5.94. The molecule has 0 radical (unpaired) electrons. The summed E-state index contributed by atoms with van der Waals surface area (Å²) in [6.07, 6.45) is 0.346. The topological polar surface area (TPSA) is 117 Å². The number of ketones is 2. The van der Waals surface area contributed by atoms with E-state index in [-0.39, 0.29) is 30.0 Å². The average Bonchev–Trinajstić information content (AvgIpc) is 3.16. The highest BCUT2D eigenvalue weighted by Crippen LogP contribution is 2.28. The summed E-state index contributed by atoms with van der Waals surface area (Å²) in [6.45, 7) is 2.45. The zero-order valence-electron chi connectivity index (χ0n) is 16.7. The number of urea groups is 1. The molecule has 3 N–H and O–H groups in total. The molecule has 4 rings (SSSR count). The van der Waals surface area contributed by atoms with E-state index in [1.807, 2.05) is 0 Å². The van der Waals surface area contributed by atoms with Crippen molar-refractivity contribution in [3.8, 4) is 5.75 Å². The van der Waals surface area contributed by atoms with Crippen LogP contribution in [0.15, 0.2) is 24.3 Å². The van der Waals surface area contributed by atoms with Crippen LogP contribution < -0.4 is 10.6 Å². The second-order valence-corrected chi connectivity index (χ2v) is 7.94. The van der Waals surface area contributed by atoms with E-state index in [9.17, 15) is 19.5 Å². The van der Waals surface area contributed by atoms with E-state index in [0.29, 0.717) is 45.7 Å². The normalized spacial score (nSPS) is 27.4. The number of ether oxygens (including phenoxy) is 2. The first-order valence-electron chi connectivity index (χ1n) is 10.4. The van der Waals surface area contributed by atoms with Gasteiger partial charge in [-0.05, 0) is 37.1 Å². The largest absolute Gasteiger partial charge is 0.508 e. The van der Waals surface area contributed by atoms with Gasteiger partial charge in [-0.1, -0.05) is 12.1 Å². The van der Waals surface area contributed by atoms with Gasteiger partial charge >= 0.3 is 6.03 Å². The van der Waals surface area contributed by atoms with Crippen LogP contribution in [0, 0.1) is 5.92 Å². The van der Waals surface area contributed by atoms with Crippen molar-refractivity contribution < 1.29 is 29.0 Å². The van der Waals surface area contributed by atoms with Gasteiger partial charge in [-0.3, -0.25) is 9.59 Å². The number of benzene rings is 1. The molecule has 30 heavy (non-hydrogen) atoms. The van der Waals surface area contributed by atoms with Crippen LogP contribution in [0.3, 0.4) is 0 Å². The summed E-state index contributed by atoms with van der Waals surface area (Å²) in [4.78, 5) is 40.0. The van der Waals surface area contributed by atoms with Gasteiger partial charge in [-0.25, -0.2) is 4.79 Å². The summed E-state index contributed by atoms with van der Waals surface area (Å²) in [6, 6.07) is 5.06. The Morgan fingerprint density at radius 3 is 2.70 bits per heavy atom. The highest BCUT2D eigenvalue weighted by atomic mass is 16.5. The van der Waals surface area contributed by atoms with Crippen LogP contribution in [-0.2, 0) is 25.5 Å². The Bertz CT molecular complexity index is 792. The Kier molecular flexibility index (Phi) is 6.31. The van der Waals surface area contributed by atoms with E-state index < -0.39 is 24.1 Å². The number of phenols is 1. The maximum Gasteiger partial charge on any atom is 0.318 e. The Labute approximate surface area is 174 Å². The number of nitrogens with one attached hydrogen (secondary N) is 2. The van der Waals surface area contributed by atoms with Crippen LogP contribution in [0.2, 0.25) is 0 Å². The first-order chi connectivity index (χ1) is 14.5. The molecule has 162 valence electrons. The van der Waals surface area contributed by atoms with Crippen molar-refractivity contribution in [2.45, 2.75) is 31.0 Å². The van der Waals surface area contributed by atoms with Gasteiger partial charge in [-0.15, -0.1) is 0 Å². The van der Waals surface area contributed by atoms with E-state index in [2.05, 4.69) is 10.6 Å². The summed E-state index contributed by atoms with van der Waals surface area (Å²) in [7, 11) is 0. The zero-order valence-corrected chi connectivity index (χ0v) is 16.7. The quantitative estimate of drug-likeness (QED) is 0.610. The van der Waals surface area contributed by atoms with Crippen molar-refractivity contribution in [3.63, 3.8) is 0 Å². The molecule has 3 fully saturated rings. The minimum Gasteiger partial charge on any atom is -0.508 e. The number of hydrogen-bond acceptors (Lipinski definition) is 7. The highest BCUT2D eigenvalue weighted by Gasteiger charge is 2.47. The molecule has 3 saturated heterocycles. The van der Waals surface area contributed by atoms with Crippen molar-refractivity contribution in [2.24, 2.45) is 5.92 Å². The standard InChI is InChI=1S/C21H27N3O6/c25-14-3-1-13(2-4-14)11-16(23-21(28)24-7-9-29-10-8-24)19(27)15-5-6-22-18-17(26)12-30-20(15)18/h1-4,15-16,18,20,22,25H,5-12H2,(H,23,28).